The van der Waals surface area contributed by atoms with Gasteiger partial charge in [0, 0.05) is 28.4 Å². The summed E-state index contributed by atoms with van der Waals surface area (Å²) in [6, 6.07) is 23.6. The molecule has 0 bridgehead atoms. The maximum Gasteiger partial charge on any atom is 0.245 e. The molecule has 1 aromatic heterocycles. The summed E-state index contributed by atoms with van der Waals surface area (Å²) in [4.78, 5) is 29.2. The Bertz CT molecular complexity index is 1180. The van der Waals surface area contributed by atoms with E-state index in [0.29, 0.717) is 12.1 Å². The maximum atomic E-state index is 13.6. The molecule has 1 unspecified atom stereocenters. The van der Waals surface area contributed by atoms with Gasteiger partial charge < -0.3 is 9.88 Å². The first-order chi connectivity index (χ1) is 14.6. The van der Waals surface area contributed by atoms with Crippen LogP contribution < -0.4 is 4.90 Å². The van der Waals surface area contributed by atoms with Crippen LogP contribution in [-0.4, -0.2) is 17.2 Å². The van der Waals surface area contributed by atoms with Gasteiger partial charge in [-0.1, -0.05) is 70.0 Å². The molecule has 5 heteroatoms. The van der Waals surface area contributed by atoms with E-state index in [0.717, 1.165) is 39.6 Å². The third kappa shape index (κ3) is 4.07. The number of benzene rings is 3. The number of hydrogen-bond donors (Lipinski definition) is 1. The Hall–Kier alpha value is -3.18. The average Bonchev–Trinajstić information content (AvgIpc) is 3.20. The number of aryl methyl sites for hydroxylation is 1. The molecule has 0 spiro atoms. The molecule has 0 aliphatic heterocycles. The van der Waals surface area contributed by atoms with Crippen LogP contribution in [0.2, 0.25) is 0 Å². The minimum Gasteiger partial charge on any atom is -0.360 e. The minimum atomic E-state index is -0.540. The zero-order valence-corrected chi connectivity index (χ0v) is 18.1. The van der Waals surface area contributed by atoms with Gasteiger partial charge in [0.05, 0.1) is 6.54 Å². The van der Waals surface area contributed by atoms with E-state index in [4.69, 9.17) is 0 Å². The first-order valence-electron chi connectivity index (χ1n) is 9.69. The van der Waals surface area contributed by atoms with Crippen LogP contribution >= 0.6 is 15.9 Å². The van der Waals surface area contributed by atoms with Crippen LogP contribution in [0.1, 0.15) is 31.9 Å². The Kier molecular flexibility index (Phi) is 5.81. The number of H-pyrrole nitrogens is 1. The van der Waals surface area contributed by atoms with E-state index in [1.165, 1.54) is 0 Å². The lowest BCUT2D eigenvalue weighted by molar-refractivity contribution is -0.118. The molecule has 1 N–H and O–H groups in total. The van der Waals surface area contributed by atoms with Crippen molar-refractivity contribution in [1.29, 1.82) is 0 Å². The molecular weight excluding hydrogens is 440 g/mol. The monoisotopic (exact) mass is 460 g/mol. The van der Waals surface area contributed by atoms with Crippen molar-refractivity contribution in [2.75, 3.05) is 4.90 Å². The number of anilines is 1. The normalized spacial score (nSPS) is 11.9. The Morgan fingerprint density at radius 2 is 1.80 bits per heavy atom. The van der Waals surface area contributed by atoms with Crippen molar-refractivity contribution < 1.29 is 9.59 Å². The van der Waals surface area contributed by atoms with Crippen molar-refractivity contribution in [3.05, 3.63) is 101 Å². The highest BCUT2D eigenvalue weighted by Crippen LogP contribution is 2.31. The van der Waals surface area contributed by atoms with Gasteiger partial charge in [-0.25, -0.2) is 0 Å². The third-order valence-corrected chi connectivity index (χ3v) is 6.09. The molecule has 1 amide bonds. The fourth-order valence-electron chi connectivity index (χ4n) is 3.48. The van der Waals surface area contributed by atoms with Gasteiger partial charge in [-0.2, -0.15) is 0 Å². The number of rotatable bonds is 6. The number of carbonyl (C=O) groups is 2. The summed E-state index contributed by atoms with van der Waals surface area (Å²) in [5.74, 6) is -0.0646. The van der Waals surface area contributed by atoms with Crippen LogP contribution in [0, 0.1) is 6.92 Å². The molecule has 0 fully saturated rings. The number of nitrogens with one attached hydrogen (secondary N) is 1. The van der Waals surface area contributed by atoms with E-state index in [-0.39, 0.29) is 5.91 Å². The van der Waals surface area contributed by atoms with E-state index < -0.39 is 4.83 Å². The predicted octanol–water partition coefficient (Wildman–Crippen LogP) is 5.96. The van der Waals surface area contributed by atoms with Gasteiger partial charge in [-0.15, -0.1) is 0 Å². The second-order valence-electron chi connectivity index (χ2n) is 7.27. The van der Waals surface area contributed by atoms with E-state index in [1.54, 1.807) is 11.1 Å². The van der Waals surface area contributed by atoms with Crippen LogP contribution in [-0.2, 0) is 11.3 Å². The molecule has 0 radical (unpaired) electrons. The average molecular weight is 461 g/mol. The summed E-state index contributed by atoms with van der Waals surface area (Å²) in [6.45, 7) is 2.49. The number of aromatic amines is 1. The van der Waals surface area contributed by atoms with E-state index in [9.17, 15) is 9.59 Å². The van der Waals surface area contributed by atoms with Crippen LogP contribution in [0.3, 0.4) is 0 Å². The minimum absolute atomic E-state index is 0.0646. The summed E-state index contributed by atoms with van der Waals surface area (Å²) >= 11 is 3.61. The molecule has 30 heavy (non-hydrogen) atoms. The van der Waals surface area contributed by atoms with Gasteiger partial charge in [-0.05, 0) is 42.3 Å². The van der Waals surface area contributed by atoms with Crippen molar-refractivity contribution >= 4 is 44.7 Å². The summed E-state index contributed by atoms with van der Waals surface area (Å²) in [5.41, 5.74) is 5.29. The summed E-state index contributed by atoms with van der Waals surface area (Å²) in [7, 11) is 0. The molecule has 0 saturated carbocycles. The van der Waals surface area contributed by atoms with Gasteiger partial charge in [-0.3, -0.25) is 9.59 Å². The zero-order valence-electron chi connectivity index (χ0n) is 16.5. The molecule has 0 aliphatic rings. The Labute approximate surface area is 183 Å². The fourth-order valence-corrected chi connectivity index (χ4v) is 4.01. The first kappa shape index (κ1) is 20.1. The largest absolute Gasteiger partial charge is 0.360 e. The lowest BCUT2D eigenvalue weighted by Gasteiger charge is -2.26. The Morgan fingerprint density at radius 3 is 2.50 bits per heavy atom. The van der Waals surface area contributed by atoms with Crippen molar-refractivity contribution in [1.82, 2.24) is 4.98 Å². The summed E-state index contributed by atoms with van der Waals surface area (Å²) in [6.07, 6.45) is 2.50. The second-order valence-corrected chi connectivity index (χ2v) is 8.19. The van der Waals surface area contributed by atoms with Crippen molar-refractivity contribution in [2.24, 2.45) is 0 Å². The number of halogens is 1. The number of hydrogen-bond acceptors (Lipinski definition) is 2. The van der Waals surface area contributed by atoms with Gasteiger partial charge in [0.1, 0.15) is 4.83 Å². The van der Waals surface area contributed by atoms with E-state index in [1.807, 2.05) is 79.7 Å². The number of alkyl halides is 1. The molecule has 1 heterocycles. The number of aldehydes is 1. The maximum absolute atomic E-state index is 13.6. The first-order valence-corrected chi connectivity index (χ1v) is 10.6. The molecule has 4 rings (SSSR count). The molecule has 3 aromatic carbocycles. The quantitative estimate of drug-likeness (QED) is 0.285. The highest BCUT2D eigenvalue weighted by molar-refractivity contribution is 9.09. The molecule has 0 saturated heterocycles. The molecule has 1 atom stereocenters. The summed E-state index contributed by atoms with van der Waals surface area (Å²) in [5, 5.41) is 0.810. The third-order valence-electron chi connectivity index (χ3n) is 5.17. The predicted molar refractivity (Wildman–Crippen MR) is 124 cm³/mol. The van der Waals surface area contributed by atoms with Crippen molar-refractivity contribution in [3.8, 4) is 0 Å². The van der Waals surface area contributed by atoms with E-state index in [2.05, 4.69) is 20.9 Å². The van der Waals surface area contributed by atoms with Crippen LogP contribution in [0.5, 0.6) is 0 Å². The lowest BCUT2D eigenvalue weighted by atomic mass is 10.1. The molecule has 0 aliphatic carbocycles. The standard InChI is InChI=1S/C25H21BrN2O2/c1-17-7-10-21(11-8-17)28(15-18-5-3-2-4-6-18)25(30)24(26)19-9-12-23-22(13-19)20(16-29)14-27-23/h2-14,16,24,27H,15H2,1H3. The van der Waals surface area contributed by atoms with Crippen LogP contribution in [0.15, 0.2) is 79.0 Å². The smallest absolute Gasteiger partial charge is 0.245 e. The van der Waals surface area contributed by atoms with Crippen LogP contribution in [0.4, 0.5) is 5.69 Å². The van der Waals surface area contributed by atoms with Gasteiger partial charge >= 0.3 is 0 Å². The topological polar surface area (TPSA) is 53.2 Å². The van der Waals surface area contributed by atoms with Gasteiger partial charge in [0.2, 0.25) is 5.91 Å². The fraction of sp³-hybridized carbons (Fsp3) is 0.120. The number of aromatic nitrogens is 1. The van der Waals surface area contributed by atoms with E-state index >= 15 is 0 Å². The van der Waals surface area contributed by atoms with Crippen molar-refractivity contribution in [3.63, 3.8) is 0 Å². The number of nitrogens with zero attached hydrogens (tertiary/aromatic N) is 1. The van der Waals surface area contributed by atoms with Crippen molar-refractivity contribution in [2.45, 2.75) is 18.3 Å². The van der Waals surface area contributed by atoms with Gasteiger partial charge in [0.15, 0.2) is 6.29 Å². The number of amides is 1. The second kappa shape index (κ2) is 8.67. The number of fused-ring (bicyclic) bond motifs is 1. The lowest BCUT2D eigenvalue weighted by Crippen LogP contribution is -2.33. The highest BCUT2D eigenvalue weighted by Gasteiger charge is 2.25. The zero-order chi connectivity index (χ0) is 21.1. The SMILES string of the molecule is Cc1ccc(N(Cc2ccccc2)C(=O)C(Br)c2ccc3[nH]cc(C=O)c3c2)cc1. The molecular formula is C25H21BrN2O2. The molecule has 4 nitrogen and oxygen atoms in total. The van der Waals surface area contributed by atoms with Crippen LogP contribution in [0.25, 0.3) is 10.9 Å². The van der Waals surface area contributed by atoms with Gasteiger partial charge in [0.25, 0.3) is 0 Å². The highest BCUT2D eigenvalue weighted by atomic mass is 79.9. The Balaban J connectivity index is 1.69. The molecule has 150 valence electrons. The summed E-state index contributed by atoms with van der Waals surface area (Å²) < 4.78 is 0. The molecule has 4 aromatic rings. The number of carbonyl (C=O) groups excluding carboxylic acids is 2. The Morgan fingerprint density at radius 1 is 1.07 bits per heavy atom.